The van der Waals surface area contributed by atoms with Gasteiger partial charge in [-0.2, -0.15) is 0 Å². The standard InChI is InChI=1S/C27H27N5O.C18H30BNO3.C15H9BrN4/c1-3-32(4-2)11-12-33-22-9-5-7-19(13-22)21-14-24-23-15-25(20-8-6-10-28-16-20)29-18-26(23)31-27(24)30-17-21;1-7-20(8-2)12-13-21-16-11-9-10-15(14-16)19-22-17(3,4)18(5,6)23-19;16-10-4-12-11-5-13(9-2-1-3-17-6-9)18-8-14(11)20-15(12)19-7-10/h5-10,13-18H,3-4,11-12H2,1-2H3,(H,30,31);9-11,14H,7-8,12-13H2,1-6H3;1-8H,(H,19,20). The van der Waals surface area contributed by atoms with Gasteiger partial charge >= 0.3 is 7.12 Å². The smallest absolute Gasteiger partial charge is 0.492 e. The van der Waals surface area contributed by atoms with Crippen LogP contribution in [-0.4, -0.2) is 120 Å². The largest absolute Gasteiger partial charge is 0.494 e. The zero-order chi connectivity index (χ0) is 53.2. The highest BCUT2D eigenvalue weighted by Gasteiger charge is 2.51. The van der Waals surface area contributed by atoms with E-state index < -0.39 is 0 Å². The predicted molar refractivity (Wildman–Crippen MR) is 311 cm³/mol. The number of benzene rings is 2. The van der Waals surface area contributed by atoms with Crippen molar-refractivity contribution in [2.45, 2.75) is 66.6 Å². The molecule has 390 valence electrons. The molecule has 2 N–H and O–H groups in total. The number of likely N-dealkylation sites (N-methyl/N-ethyl adjacent to an activating group) is 2. The molecule has 0 saturated carbocycles. The third-order valence-electron chi connectivity index (χ3n) is 14.2. The zero-order valence-electron chi connectivity index (χ0n) is 44.7. The van der Waals surface area contributed by atoms with E-state index in [2.05, 4.69) is 152 Å². The Kier molecular flexibility index (Phi) is 17.2. The van der Waals surface area contributed by atoms with Gasteiger partial charge in [0.15, 0.2) is 0 Å². The van der Waals surface area contributed by atoms with E-state index in [1.165, 1.54) is 0 Å². The quantitative estimate of drug-likeness (QED) is 0.0886. The number of halogens is 1. The van der Waals surface area contributed by atoms with Gasteiger partial charge < -0.3 is 38.6 Å². The second-order valence-electron chi connectivity index (χ2n) is 19.6. The molecule has 8 aromatic heterocycles. The van der Waals surface area contributed by atoms with Crippen LogP contribution in [0.5, 0.6) is 11.5 Å². The number of ether oxygens (including phenoxy) is 2. The second kappa shape index (κ2) is 24.3. The molecule has 1 fully saturated rings. The molecule has 0 radical (unpaired) electrons. The van der Waals surface area contributed by atoms with Crippen molar-refractivity contribution < 1.29 is 18.8 Å². The predicted octanol–water partition coefficient (Wildman–Crippen LogP) is 12.2. The minimum atomic E-state index is -0.341. The molecule has 1 aliphatic rings. The third-order valence-corrected chi connectivity index (χ3v) is 14.7. The summed E-state index contributed by atoms with van der Waals surface area (Å²) in [5.41, 5.74) is 9.97. The molecule has 0 aliphatic carbocycles. The minimum Gasteiger partial charge on any atom is -0.492 e. The summed E-state index contributed by atoms with van der Waals surface area (Å²) in [5.74, 6) is 1.74. The monoisotopic (exact) mass is 1080 g/mol. The molecule has 16 heteroatoms. The number of rotatable bonds is 16. The molecule has 0 bridgehead atoms. The summed E-state index contributed by atoms with van der Waals surface area (Å²) in [4.78, 5) is 37.9. The normalized spacial score (nSPS) is 13.8. The average Bonchev–Trinajstić information content (AvgIpc) is 4.09. The highest BCUT2D eigenvalue weighted by molar-refractivity contribution is 9.10. The van der Waals surface area contributed by atoms with Crippen molar-refractivity contribution in [3.8, 4) is 45.1 Å². The van der Waals surface area contributed by atoms with Gasteiger partial charge in [-0.1, -0.05) is 52.0 Å². The van der Waals surface area contributed by atoms with Gasteiger partial charge in [-0.3, -0.25) is 19.9 Å². The first-order chi connectivity index (χ1) is 36.8. The summed E-state index contributed by atoms with van der Waals surface area (Å²) < 4.78 is 25.1. The lowest BCUT2D eigenvalue weighted by Crippen LogP contribution is -2.41. The molecule has 1 saturated heterocycles. The van der Waals surface area contributed by atoms with Crippen molar-refractivity contribution in [3.63, 3.8) is 0 Å². The molecule has 10 aromatic rings. The molecule has 1 aliphatic heterocycles. The Labute approximate surface area is 453 Å². The SMILES string of the molecule is Brc1cnc2[nH]c3cnc(-c4cccnc4)cc3c2c1.CCN(CC)CCOc1cccc(-c2cnc3[nH]c4cnc(-c5cccnc5)cc4c3c2)c1.CCN(CC)CCOc1cccc(B2OC(C)(C)C(C)(C)O2)c1. The van der Waals surface area contributed by atoms with E-state index in [0.29, 0.717) is 13.2 Å². The van der Waals surface area contributed by atoms with E-state index in [9.17, 15) is 0 Å². The molecule has 0 spiro atoms. The summed E-state index contributed by atoms with van der Waals surface area (Å²) in [7, 11) is -0.341. The summed E-state index contributed by atoms with van der Waals surface area (Å²) >= 11 is 3.46. The van der Waals surface area contributed by atoms with Crippen molar-refractivity contribution in [2.24, 2.45) is 0 Å². The number of nitrogens with one attached hydrogen (secondary N) is 2. The second-order valence-corrected chi connectivity index (χ2v) is 20.5. The summed E-state index contributed by atoms with van der Waals surface area (Å²) in [6.07, 6.45) is 14.6. The van der Waals surface area contributed by atoms with Crippen molar-refractivity contribution in [3.05, 3.63) is 151 Å². The van der Waals surface area contributed by atoms with Crippen LogP contribution in [0.3, 0.4) is 0 Å². The molecular formula is C60H66BBrN10O4. The number of fused-ring (bicyclic) bond motifs is 6. The van der Waals surface area contributed by atoms with Gasteiger partial charge in [0.1, 0.15) is 36.0 Å². The van der Waals surface area contributed by atoms with E-state index >= 15 is 0 Å². The lowest BCUT2D eigenvalue weighted by Gasteiger charge is -2.32. The number of aromatic nitrogens is 8. The van der Waals surface area contributed by atoms with Crippen molar-refractivity contribution in [2.75, 3.05) is 52.5 Å². The topological polar surface area (TPSA) is 152 Å². The number of hydrogen-bond donors (Lipinski definition) is 2. The van der Waals surface area contributed by atoms with Crippen molar-refractivity contribution >= 4 is 72.4 Å². The summed E-state index contributed by atoms with van der Waals surface area (Å²) in [6.45, 7) is 24.4. The Hall–Kier alpha value is -7.08. The lowest BCUT2D eigenvalue weighted by atomic mass is 9.79. The van der Waals surface area contributed by atoms with Gasteiger partial charge in [-0.15, -0.1) is 0 Å². The first kappa shape index (κ1) is 53.7. The van der Waals surface area contributed by atoms with Crippen LogP contribution >= 0.6 is 15.9 Å². The molecule has 14 nitrogen and oxygen atoms in total. The number of hydrogen-bond acceptors (Lipinski definition) is 12. The van der Waals surface area contributed by atoms with Crippen LogP contribution in [-0.2, 0) is 9.31 Å². The summed E-state index contributed by atoms with van der Waals surface area (Å²) in [5, 5.41) is 4.37. The van der Waals surface area contributed by atoms with E-state index in [1.807, 2.05) is 91.6 Å². The van der Waals surface area contributed by atoms with E-state index in [0.717, 1.165) is 138 Å². The van der Waals surface area contributed by atoms with Crippen LogP contribution in [0.25, 0.3) is 77.5 Å². The van der Waals surface area contributed by atoms with Gasteiger partial charge in [0.2, 0.25) is 0 Å². The average molecular weight is 1080 g/mol. The van der Waals surface area contributed by atoms with Crippen LogP contribution in [0.2, 0.25) is 0 Å². The Morgan fingerprint density at radius 3 is 1.54 bits per heavy atom. The Morgan fingerprint density at radius 2 is 1.01 bits per heavy atom. The minimum absolute atomic E-state index is 0.322. The van der Waals surface area contributed by atoms with Crippen molar-refractivity contribution in [1.82, 2.24) is 49.7 Å². The Balaban J connectivity index is 0.000000145. The first-order valence-corrected chi connectivity index (χ1v) is 26.9. The number of H-pyrrole nitrogens is 2. The molecule has 0 unspecified atom stereocenters. The highest BCUT2D eigenvalue weighted by atomic mass is 79.9. The first-order valence-electron chi connectivity index (χ1n) is 26.1. The summed E-state index contributed by atoms with van der Waals surface area (Å²) in [6, 6.07) is 32.5. The van der Waals surface area contributed by atoms with Gasteiger partial charge in [0.05, 0.1) is 46.0 Å². The van der Waals surface area contributed by atoms with Crippen LogP contribution in [0, 0.1) is 0 Å². The molecule has 0 atom stereocenters. The fourth-order valence-corrected chi connectivity index (χ4v) is 9.32. The molecule has 11 rings (SSSR count). The number of pyridine rings is 6. The van der Waals surface area contributed by atoms with Crippen LogP contribution in [0.1, 0.15) is 55.4 Å². The Bertz CT molecular complexity index is 3500. The molecule has 9 heterocycles. The van der Waals surface area contributed by atoms with Crippen LogP contribution < -0.4 is 14.9 Å². The Morgan fingerprint density at radius 1 is 0.513 bits per heavy atom. The molecule has 2 aromatic carbocycles. The van der Waals surface area contributed by atoms with Gasteiger partial charge in [0, 0.05) is 93.0 Å². The number of nitrogens with zero attached hydrogens (tertiary/aromatic N) is 8. The van der Waals surface area contributed by atoms with E-state index in [1.54, 1.807) is 18.6 Å². The fourth-order valence-electron chi connectivity index (χ4n) is 8.99. The van der Waals surface area contributed by atoms with Gasteiger partial charge in [-0.05, 0) is 154 Å². The lowest BCUT2D eigenvalue weighted by molar-refractivity contribution is 0.00578. The number of aromatic amines is 2. The maximum Gasteiger partial charge on any atom is 0.494 e. The maximum atomic E-state index is 6.10. The van der Waals surface area contributed by atoms with Crippen LogP contribution in [0.4, 0.5) is 0 Å². The third kappa shape index (κ3) is 12.6. The fraction of sp³-hybridized carbons (Fsp3) is 0.300. The molecule has 0 amide bonds. The molecular weight excluding hydrogens is 1020 g/mol. The van der Waals surface area contributed by atoms with Gasteiger partial charge in [-0.25, -0.2) is 9.97 Å². The van der Waals surface area contributed by atoms with E-state index in [-0.39, 0.29) is 18.3 Å². The maximum absolute atomic E-state index is 6.10. The highest BCUT2D eigenvalue weighted by Crippen LogP contribution is 2.37. The van der Waals surface area contributed by atoms with Crippen LogP contribution in [0.15, 0.2) is 151 Å². The van der Waals surface area contributed by atoms with Gasteiger partial charge in [0.25, 0.3) is 0 Å². The van der Waals surface area contributed by atoms with E-state index in [4.69, 9.17) is 23.8 Å². The zero-order valence-corrected chi connectivity index (χ0v) is 46.3. The van der Waals surface area contributed by atoms with Crippen molar-refractivity contribution in [1.29, 1.82) is 0 Å². The molecule has 76 heavy (non-hydrogen) atoms.